The van der Waals surface area contributed by atoms with Gasteiger partial charge in [0.25, 0.3) is 0 Å². The lowest BCUT2D eigenvalue weighted by atomic mass is 10.2. The van der Waals surface area contributed by atoms with Gasteiger partial charge < -0.3 is 9.52 Å². The highest BCUT2D eigenvalue weighted by molar-refractivity contribution is 7.99. The molecule has 0 saturated carbocycles. The molecule has 3 heteroatoms. The van der Waals surface area contributed by atoms with E-state index in [0.29, 0.717) is 11.5 Å². The van der Waals surface area contributed by atoms with E-state index in [1.165, 1.54) is 11.1 Å². The summed E-state index contributed by atoms with van der Waals surface area (Å²) in [5, 5.41) is 11.3. The van der Waals surface area contributed by atoms with Crippen LogP contribution in [0.15, 0.2) is 57.8 Å². The summed E-state index contributed by atoms with van der Waals surface area (Å²) in [6.07, 6.45) is -0.594. The highest BCUT2D eigenvalue weighted by atomic mass is 32.2. The third-order valence-corrected chi connectivity index (χ3v) is 4.54. The quantitative estimate of drug-likeness (QED) is 0.697. The minimum Gasteiger partial charge on any atom is -0.458 e. The molecule has 0 aliphatic heterocycles. The van der Waals surface area contributed by atoms with Gasteiger partial charge in [0.2, 0.25) is 0 Å². The summed E-state index contributed by atoms with van der Waals surface area (Å²) in [5.74, 6) is 1.22. The van der Waals surface area contributed by atoms with Crippen molar-refractivity contribution in [2.75, 3.05) is 5.75 Å². The van der Waals surface area contributed by atoms with E-state index in [0.717, 1.165) is 15.9 Å². The summed E-state index contributed by atoms with van der Waals surface area (Å²) in [5.41, 5.74) is 3.26. The van der Waals surface area contributed by atoms with Crippen LogP contribution in [0, 0.1) is 13.8 Å². The van der Waals surface area contributed by atoms with Crippen LogP contribution < -0.4 is 0 Å². The van der Waals surface area contributed by atoms with E-state index in [1.54, 1.807) is 11.8 Å². The van der Waals surface area contributed by atoms with Gasteiger partial charge in [-0.3, -0.25) is 0 Å². The van der Waals surface area contributed by atoms with Crippen LogP contribution in [0.2, 0.25) is 0 Å². The zero-order valence-corrected chi connectivity index (χ0v) is 13.0. The maximum atomic E-state index is 10.3. The molecule has 108 valence electrons. The Kier molecular flexibility index (Phi) is 4.04. The third-order valence-electron chi connectivity index (χ3n) is 3.45. The molecule has 0 saturated heterocycles. The fraction of sp³-hybridized carbons (Fsp3) is 0.222. The van der Waals surface area contributed by atoms with Crippen LogP contribution in [-0.4, -0.2) is 10.9 Å². The molecule has 0 aliphatic rings. The molecule has 0 spiro atoms. The van der Waals surface area contributed by atoms with Crippen molar-refractivity contribution in [1.29, 1.82) is 0 Å². The van der Waals surface area contributed by atoms with Gasteiger partial charge in [-0.15, -0.1) is 11.8 Å². The molecule has 1 unspecified atom stereocenters. The van der Waals surface area contributed by atoms with Crippen molar-refractivity contribution in [3.8, 4) is 0 Å². The van der Waals surface area contributed by atoms with E-state index in [4.69, 9.17) is 4.42 Å². The van der Waals surface area contributed by atoms with Gasteiger partial charge in [-0.2, -0.15) is 0 Å². The number of aliphatic hydroxyl groups excluding tert-OH is 1. The van der Waals surface area contributed by atoms with Crippen molar-refractivity contribution < 1.29 is 9.52 Å². The summed E-state index contributed by atoms with van der Waals surface area (Å²) in [7, 11) is 0. The number of aryl methyl sites for hydroxylation is 2. The Hall–Kier alpha value is -1.71. The average molecular weight is 298 g/mol. The standard InChI is InChI=1S/C18H18O2S/c1-12-3-6-15(7-4-12)21-11-16(19)18-10-14-9-13(2)5-8-17(14)20-18/h3-10,16,19H,11H2,1-2H3. The fourth-order valence-corrected chi connectivity index (χ4v) is 3.08. The lowest BCUT2D eigenvalue weighted by Gasteiger charge is -2.07. The highest BCUT2D eigenvalue weighted by Crippen LogP contribution is 2.29. The van der Waals surface area contributed by atoms with Crippen LogP contribution in [0.3, 0.4) is 0 Å². The maximum absolute atomic E-state index is 10.3. The summed E-state index contributed by atoms with van der Waals surface area (Å²) in [6, 6.07) is 16.3. The monoisotopic (exact) mass is 298 g/mol. The molecule has 0 bridgehead atoms. The molecule has 3 rings (SSSR count). The van der Waals surface area contributed by atoms with Crippen LogP contribution in [0.4, 0.5) is 0 Å². The summed E-state index contributed by atoms with van der Waals surface area (Å²) in [6.45, 7) is 4.12. The Bertz CT molecular complexity index is 744. The van der Waals surface area contributed by atoms with Crippen molar-refractivity contribution in [1.82, 2.24) is 0 Å². The van der Waals surface area contributed by atoms with Gasteiger partial charge in [0.05, 0.1) is 0 Å². The molecule has 0 radical (unpaired) electrons. The predicted molar refractivity (Wildman–Crippen MR) is 87.8 cm³/mol. The molecule has 1 atom stereocenters. The molecule has 2 aromatic carbocycles. The number of furan rings is 1. The topological polar surface area (TPSA) is 33.4 Å². The van der Waals surface area contributed by atoms with Crippen LogP contribution in [0.5, 0.6) is 0 Å². The Balaban J connectivity index is 1.71. The van der Waals surface area contributed by atoms with Gasteiger partial charge in [0.1, 0.15) is 17.4 Å². The van der Waals surface area contributed by atoms with Gasteiger partial charge in [-0.1, -0.05) is 29.3 Å². The normalized spacial score (nSPS) is 12.7. The first-order valence-electron chi connectivity index (χ1n) is 6.99. The second-order valence-corrected chi connectivity index (χ2v) is 6.42. The van der Waals surface area contributed by atoms with Crippen LogP contribution in [-0.2, 0) is 0 Å². The Morgan fingerprint density at radius 2 is 1.71 bits per heavy atom. The number of hydrogen-bond donors (Lipinski definition) is 1. The smallest absolute Gasteiger partial charge is 0.134 e. The second-order valence-electron chi connectivity index (χ2n) is 5.33. The Morgan fingerprint density at radius 3 is 2.48 bits per heavy atom. The van der Waals surface area contributed by atoms with Gasteiger partial charge in [-0.25, -0.2) is 0 Å². The zero-order chi connectivity index (χ0) is 14.8. The Morgan fingerprint density at radius 1 is 1.00 bits per heavy atom. The molecule has 0 aliphatic carbocycles. The predicted octanol–water partition coefficient (Wildman–Crippen LogP) is 4.88. The van der Waals surface area contributed by atoms with E-state index in [2.05, 4.69) is 44.2 Å². The molecule has 1 N–H and O–H groups in total. The van der Waals surface area contributed by atoms with Crippen molar-refractivity contribution in [3.63, 3.8) is 0 Å². The summed E-state index contributed by atoms with van der Waals surface area (Å²) < 4.78 is 5.73. The molecule has 0 fully saturated rings. The van der Waals surface area contributed by atoms with Crippen molar-refractivity contribution in [3.05, 3.63) is 65.4 Å². The van der Waals surface area contributed by atoms with E-state index in [9.17, 15) is 5.11 Å². The number of benzene rings is 2. The minimum absolute atomic E-state index is 0.585. The van der Waals surface area contributed by atoms with Crippen molar-refractivity contribution in [2.24, 2.45) is 0 Å². The van der Waals surface area contributed by atoms with Crippen LogP contribution >= 0.6 is 11.8 Å². The molecule has 3 aromatic rings. The second kappa shape index (κ2) is 5.96. The molecule has 1 heterocycles. The Labute approximate surface area is 128 Å². The van der Waals surface area contributed by atoms with Crippen LogP contribution in [0.1, 0.15) is 23.0 Å². The summed E-state index contributed by atoms with van der Waals surface area (Å²) >= 11 is 1.64. The highest BCUT2D eigenvalue weighted by Gasteiger charge is 2.14. The first-order chi connectivity index (χ1) is 10.1. The molecule has 0 amide bonds. The lowest BCUT2D eigenvalue weighted by molar-refractivity contribution is 0.177. The van der Waals surface area contributed by atoms with Gasteiger partial charge in [-0.05, 0) is 44.2 Å². The molecular formula is C18H18O2S. The van der Waals surface area contributed by atoms with E-state index in [1.807, 2.05) is 18.2 Å². The first kappa shape index (κ1) is 14.2. The minimum atomic E-state index is -0.594. The first-order valence-corrected chi connectivity index (χ1v) is 7.98. The largest absolute Gasteiger partial charge is 0.458 e. The lowest BCUT2D eigenvalue weighted by Crippen LogP contribution is -1.98. The summed E-state index contributed by atoms with van der Waals surface area (Å²) in [4.78, 5) is 1.16. The maximum Gasteiger partial charge on any atom is 0.134 e. The van der Waals surface area contributed by atoms with Crippen LogP contribution in [0.25, 0.3) is 11.0 Å². The number of aliphatic hydroxyl groups is 1. The van der Waals surface area contributed by atoms with Crippen molar-refractivity contribution >= 4 is 22.7 Å². The number of hydrogen-bond acceptors (Lipinski definition) is 3. The van der Waals surface area contributed by atoms with E-state index >= 15 is 0 Å². The molecule has 2 nitrogen and oxygen atoms in total. The molecular weight excluding hydrogens is 280 g/mol. The van der Waals surface area contributed by atoms with Gasteiger partial charge in [0, 0.05) is 16.0 Å². The van der Waals surface area contributed by atoms with E-state index in [-0.39, 0.29) is 0 Å². The number of thioether (sulfide) groups is 1. The fourth-order valence-electron chi connectivity index (χ4n) is 2.24. The van der Waals surface area contributed by atoms with Gasteiger partial charge >= 0.3 is 0 Å². The SMILES string of the molecule is Cc1ccc(SCC(O)c2cc3cc(C)ccc3o2)cc1. The number of fused-ring (bicyclic) bond motifs is 1. The van der Waals surface area contributed by atoms with Crippen molar-refractivity contribution in [2.45, 2.75) is 24.8 Å². The van der Waals surface area contributed by atoms with Gasteiger partial charge in [0.15, 0.2) is 0 Å². The average Bonchev–Trinajstić information content (AvgIpc) is 2.89. The molecule has 21 heavy (non-hydrogen) atoms. The van der Waals surface area contributed by atoms with E-state index < -0.39 is 6.10 Å². The molecule has 1 aromatic heterocycles. The third kappa shape index (κ3) is 3.31. The number of rotatable bonds is 4. The zero-order valence-electron chi connectivity index (χ0n) is 12.2.